The van der Waals surface area contributed by atoms with Gasteiger partial charge in [0.05, 0.1) is 22.1 Å². The van der Waals surface area contributed by atoms with Crippen LogP contribution in [0, 0.1) is 0 Å². The van der Waals surface area contributed by atoms with E-state index in [-0.39, 0.29) is 0 Å². The summed E-state index contributed by atoms with van der Waals surface area (Å²) in [7, 11) is 0. The molecule has 0 saturated heterocycles. The van der Waals surface area contributed by atoms with Gasteiger partial charge in [0.25, 0.3) is 0 Å². The number of fused-ring (bicyclic) bond motifs is 11. The molecule has 0 unspecified atom stereocenters. The zero-order chi connectivity index (χ0) is 36.0. The van der Waals surface area contributed by atoms with Crippen LogP contribution in [0.3, 0.4) is 0 Å². The standard InChI is InChI=1S/C52H32N2S/c1-3-11-33(12-4-1)35-20-25-47-44(29-35)45-31-37(21-26-48(45)53(47)39-23-28-51-46(32-39)41-17-9-10-18-50(41)55-51)36-22-27-49-43(30-36)42-24-19-34-13-7-8-16-40(34)52(42)54(49)38-14-5-2-6-15-38/h1-32H. The highest BCUT2D eigenvalue weighted by Crippen LogP contribution is 2.42. The van der Waals surface area contributed by atoms with Gasteiger partial charge in [0.1, 0.15) is 0 Å². The van der Waals surface area contributed by atoms with Crippen molar-refractivity contribution in [1.82, 2.24) is 9.13 Å². The van der Waals surface area contributed by atoms with E-state index in [0.29, 0.717) is 0 Å². The highest BCUT2D eigenvalue weighted by Gasteiger charge is 2.19. The van der Waals surface area contributed by atoms with Gasteiger partial charge >= 0.3 is 0 Å². The predicted octanol–water partition coefficient (Wildman–Crippen LogP) is 14.7. The van der Waals surface area contributed by atoms with E-state index in [9.17, 15) is 0 Å². The first-order chi connectivity index (χ1) is 27.3. The first kappa shape index (κ1) is 30.5. The molecule has 0 aliphatic carbocycles. The van der Waals surface area contributed by atoms with Crippen molar-refractivity contribution >= 4 is 85.9 Å². The van der Waals surface area contributed by atoms with Crippen molar-refractivity contribution in [2.45, 2.75) is 0 Å². The molecule has 3 aromatic heterocycles. The Morgan fingerprint density at radius 3 is 1.58 bits per heavy atom. The average Bonchev–Trinajstić information content (AvgIpc) is 3.91. The van der Waals surface area contributed by atoms with E-state index in [4.69, 9.17) is 0 Å². The van der Waals surface area contributed by atoms with Crippen LogP contribution < -0.4 is 0 Å². The van der Waals surface area contributed by atoms with E-state index < -0.39 is 0 Å². The molecule has 12 rings (SSSR count). The van der Waals surface area contributed by atoms with Crippen LogP contribution in [0.5, 0.6) is 0 Å². The Hall–Kier alpha value is -6.94. The molecule has 0 atom stereocenters. The molecule has 0 spiro atoms. The summed E-state index contributed by atoms with van der Waals surface area (Å²) in [5.41, 5.74) is 12.1. The van der Waals surface area contributed by atoms with Gasteiger partial charge in [-0.05, 0) is 100 Å². The molecular weight excluding hydrogens is 685 g/mol. The van der Waals surface area contributed by atoms with Crippen molar-refractivity contribution in [3.05, 3.63) is 194 Å². The van der Waals surface area contributed by atoms with Gasteiger partial charge in [0.15, 0.2) is 0 Å². The largest absolute Gasteiger partial charge is 0.309 e. The minimum Gasteiger partial charge on any atom is -0.309 e. The van der Waals surface area contributed by atoms with Gasteiger partial charge in [0.2, 0.25) is 0 Å². The summed E-state index contributed by atoms with van der Waals surface area (Å²) in [6, 6.07) is 71.5. The van der Waals surface area contributed by atoms with Crippen LogP contribution in [0.15, 0.2) is 194 Å². The SMILES string of the molecule is c1ccc(-c2ccc3c(c2)c2cc(-c4ccc5c(c4)c4ccc6ccccc6c4n5-c4ccccc4)ccc2n3-c2ccc3sc4ccccc4c3c2)cc1. The molecule has 2 nitrogen and oxygen atoms in total. The van der Waals surface area contributed by atoms with Crippen LogP contribution in [-0.4, -0.2) is 9.13 Å². The number of para-hydroxylation sites is 1. The summed E-state index contributed by atoms with van der Waals surface area (Å²) in [4.78, 5) is 0. The Labute approximate surface area is 321 Å². The monoisotopic (exact) mass is 716 g/mol. The molecular formula is C52H32N2S. The average molecular weight is 717 g/mol. The minimum absolute atomic E-state index is 1.17. The van der Waals surface area contributed by atoms with Crippen LogP contribution in [0.1, 0.15) is 0 Å². The first-order valence-corrected chi connectivity index (χ1v) is 19.7. The van der Waals surface area contributed by atoms with E-state index in [0.717, 1.165) is 0 Å². The molecule has 0 bridgehead atoms. The third-order valence-electron chi connectivity index (χ3n) is 11.5. The van der Waals surface area contributed by atoms with Gasteiger partial charge in [-0.1, -0.05) is 121 Å². The van der Waals surface area contributed by atoms with Crippen molar-refractivity contribution in [1.29, 1.82) is 0 Å². The summed E-state index contributed by atoms with van der Waals surface area (Å²) in [6.45, 7) is 0. The van der Waals surface area contributed by atoms with Gasteiger partial charge in [-0.25, -0.2) is 0 Å². The molecule has 256 valence electrons. The Morgan fingerprint density at radius 2 is 0.855 bits per heavy atom. The number of rotatable bonds is 4. The molecule has 3 heterocycles. The lowest BCUT2D eigenvalue weighted by atomic mass is 9.99. The molecule has 0 amide bonds. The van der Waals surface area contributed by atoms with E-state index in [1.165, 1.54) is 108 Å². The highest BCUT2D eigenvalue weighted by atomic mass is 32.1. The maximum atomic E-state index is 2.46. The van der Waals surface area contributed by atoms with Crippen LogP contribution in [0.25, 0.3) is 108 Å². The lowest BCUT2D eigenvalue weighted by molar-refractivity contribution is 1.19. The van der Waals surface area contributed by atoms with Crippen molar-refractivity contribution in [3.63, 3.8) is 0 Å². The third-order valence-corrected chi connectivity index (χ3v) is 12.6. The van der Waals surface area contributed by atoms with Gasteiger partial charge in [-0.3, -0.25) is 0 Å². The minimum atomic E-state index is 1.17. The van der Waals surface area contributed by atoms with Gasteiger partial charge in [0, 0.05) is 58.5 Å². The van der Waals surface area contributed by atoms with E-state index in [1.54, 1.807) is 0 Å². The second-order valence-corrected chi connectivity index (χ2v) is 15.6. The molecule has 0 aliphatic rings. The summed E-state index contributed by atoms with van der Waals surface area (Å²) in [5.74, 6) is 0. The number of thiophene rings is 1. The second-order valence-electron chi connectivity index (χ2n) is 14.5. The van der Waals surface area contributed by atoms with E-state index in [1.807, 2.05) is 11.3 Å². The molecule has 0 N–H and O–H groups in total. The number of hydrogen-bond acceptors (Lipinski definition) is 1. The molecule has 0 fully saturated rings. The predicted molar refractivity (Wildman–Crippen MR) is 236 cm³/mol. The van der Waals surface area contributed by atoms with Crippen LogP contribution in [0.4, 0.5) is 0 Å². The summed E-state index contributed by atoms with van der Waals surface area (Å²) in [6.07, 6.45) is 0. The third kappa shape index (κ3) is 4.60. The van der Waals surface area contributed by atoms with Crippen LogP contribution >= 0.6 is 11.3 Å². The fraction of sp³-hybridized carbons (Fsp3) is 0. The first-order valence-electron chi connectivity index (χ1n) is 18.8. The summed E-state index contributed by atoms with van der Waals surface area (Å²) >= 11 is 1.87. The smallest absolute Gasteiger partial charge is 0.0619 e. The Balaban J connectivity index is 1.10. The topological polar surface area (TPSA) is 9.86 Å². The lowest BCUT2D eigenvalue weighted by Crippen LogP contribution is -1.94. The van der Waals surface area contributed by atoms with Crippen molar-refractivity contribution in [3.8, 4) is 33.6 Å². The Bertz CT molecular complexity index is 3470. The quantitative estimate of drug-likeness (QED) is 0.172. The zero-order valence-electron chi connectivity index (χ0n) is 29.8. The summed E-state index contributed by atoms with van der Waals surface area (Å²) < 4.78 is 7.53. The number of nitrogens with zero attached hydrogens (tertiary/aromatic N) is 2. The van der Waals surface area contributed by atoms with Crippen LogP contribution in [-0.2, 0) is 0 Å². The Morgan fingerprint density at radius 1 is 0.291 bits per heavy atom. The molecule has 12 aromatic rings. The van der Waals surface area contributed by atoms with Gasteiger partial charge < -0.3 is 9.13 Å². The summed E-state index contributed by atoms with van der Waals surface area (Å²) in [5, 5.41) is 10.2. The maximum absolute atomic E-state index is 2.46. The maximum Gasteiger partial charge on any atom is 0.0619 e. The zero-order valence-corrected chi connectivity index (χ0v) is 30.6. The fourth-order valence-corrected chi connectivity index (χ4v) is 10.0. The molecule has 9 aromatic carbocycles. The molecule has 55 heavy (non-hydrogen) atoms. The fourth-order valence-electron chi connectivity index (χ4n) is 8.95. The number of benzene rings is 9. The normalized spacial score (nSPS) is 12.0. The molecule has 0 aliphatic heterocycles. The molecule has 3 heteroatoms. The molecule has 0 radical (unpaired) electrons. The lowest BCUT2D eigenvalue weighted by Gasteiger charge is -2.10. The number of aromatic nitrogens is 2. The highest BCUT2D eigenvalue weighted by molar-refractivity contribution is 7.25. The van der Waals surface area contributed by atoms with Gasteiger partial charge in [-0.15, -0.1) is 11.3 Å². The van der Waals surface area contributed by atoms with E-state index in [2.05, 4.69) is 203 Å². The van der Waals surface area contributed by atoms with Crippen molar-refractivity contribution in [2.75, 3.05) is 0 Å². The molecule has 0 saturated carbocycles. The van der Waals surface area contributed by atoms with Crippen molar-refractivity contribution < 1.29 is 0 Å². The number of hydrogen-bond donors (Lipinski definition) is 0. The van der Waals surface area contributed by atoms with E-state index >= 15 is 0 Å². The second kappa shape index (κ2) is 11.8. The van der Waals surface area contributed by atoms with Gasteiger partial charge in [-0.2, -0.15) is 0 Å². The van der Waals surface area contributed by atoms with Crippen molar-refractivity contribution in [2.24, 2.45) is 0 Å². The Kier molecular flexibility index (Phi) is 6.54. The van der Waals surface area contributed by atoms with Crippen LogP contribution in [0.2, 0.25) is 0 Å².